The molecule has 0 saturated carbocycles. The van der Waals surface area contributed by atoms with Crippen LogP contribution >= 0.6 is 0 Å². The Hall–Kier alpha value is -3.18. The van der Waals surface area contributed by atoms with Crippen LogP contribution in [0, 0.1) is 11.8 Å². The van der Waals surface area contributed by atoms with E-state index in [0.29, 0.717) is 18.4 Å². The first-order valence-electron chi connectivity index (χ1n) is 11.7. The molecule has 6 unspecified atom stereocenters. The van der Waals surface area contributed by atoms with Crippen molar-refractivity contribution in [2.24, 2.45) is 17.6 Å². The van der Waals surface area contributed by atoms with Crippen LogP contribution in [0.15, 0.2) is 24.3 Å². The molecule has 0 aliphatic carbocycles. The van der Waals surface area contributed by atoms with Crippen molar-refractivity contribution in [2.45, 2.75) is 71.1 Å². The van der Waals surface area contributed by atoms with Gasteiger partial charge in [0.15, 0.2) is 0 Å². The summed E-state index contributed by atoms with van der Waals surface area (Å²) in [6.45, 7) is 6.32. The summed E-state index contributed by atoms with van der Waals surface area (Å²) in [5.74, 6) is -3.92. The minimum atomic E-state index is -1.36. The lowest BCUT2D eigenvalue weighted by Gasteiger charge is -2.28. The molecular formula is C24H38N4O7. The summed E-state index contributed by atoms with van der Waals surface area (Å²) in [6, 6.07) is 1.55. The summed E-state index contributed by atoms with van der Waals surface area (Å²) in [4.78, 5) is 49.8. The zero-order valence-corrected chi connectivity index (χ0v) is 20.7. The van der Waals surface area contributed by atoms with Gasteiger partial charge in [-0.2, -0.15) is 0 Å². The second kappa shape index (κ2) is 14.3. The van der Waals surface area contributed by atoms with Crippen molar-refractivity contribution in [1.29, 1.82) is 0 Å². The summed E-state index contributed by atoms with van der Waals surface area (Å²) < 4.78 is 0. The van der Waals surface area contributed by atoms with E-state index in [1.807, 2.05) is 13.8 Å². The lowest BCUT2D eigenvalue weighted by Crippen LogP contribution is -2.60. The number of aromatic hydroxyl groups is 1. The number of aliphatic hydroxyl groups is 1. The number of nitrogens with two attached hydrogens (primary N) is 1. The molecule has 196 valence electrons. The molecule has 0 aromatic heterocycles. The first-order valence-corrected chi connectivity index (χ1v) is 11.7. The van der Waals surface area contributed by atoms with Gasteiger partial charge in [0.2, 0.25) is 17.7 Å². The van der Waals surface area contributed by atoms with Crippen LogP contribution in [0.2, 0.25) is 0 Å². The van der Waals surface area contributed by atoms with E-state index < -0.39 is 54.5 Å². The molecule has 35 heavy (non-hydrogen) atoms. The SMILES string of the molecule is CCC(C)C(NC(=O)C(NC(=O)C(CO)NC(=O)C(N)Cc1ccc(O)cc1)C(C)CC)C(=O)O. The standard InChI is InChI=1S/C24H38N4O7/c1-5-13(3)19(23(33)28-20(24(34)35)14(4)6-2)27-22(32)18(12-29)26-21(31)17(25)11-15-7-9-16(30)10-8-15/h7-10,13-14,17-20,29-30H,5-6,11-12,25H2,1-4H3,(H,26,31)(H,27,32)(H,28,33)(H,34,35). The number of benzene rings is 1. The van der Waals surface area contributed by atoms with E-state index in [-0.39, 0.29) is 24.0 Å². The van der Waals surface area contributed by atoms with Crippen LogP contribution in [-0.2, 0) is 25.6 Å². The predicted octanol–water partition coefficient (Wildman–Crippen LogP) is -0.114. The van der Waals surface area contributed by atoms with Crippen LogP contribution in [0.3, 0.4) is 0 Å². The third-order valence-electron chi connectivity index (χ3n) is 6.11. The lowest BCUT2D eigenvalue weighted by molar-refractivity contribution is -0.144. The van der Waals surface area contributed by atoms with Crippen molar-refractivity contribution in [3.63, 3.8) is 0 Å². The molecule has 0 aliphatic heterocycles. The Labute approximate surface area is 205 Å². The number of carboxylic acid groups (broad SMARTS) is 1. The molecule has 3 amide bonds. The number of hydrogen-bond acceptors (Lipinski definition) is 7. The number of amides is 3. The van der Waals surface area contributed by atoms with E-state index in [4.69, 9.17) is 5.73 Å². The summed E-state index contributed by atoms with van der Waals surface area (Å²) in [5.41, 5.74) is 6.62. The van der Waals surface area contributed by atoms with Crippen LogP contribution in [0.1, 0.15) is 46.1 Å². The fourth-order valence-electron chi connectivity index (χ4n) is 3.33. The van der Waals surface area contributed by atoms with Crippen molar-refractivity contribution in [1.82, 2.24) is 16.0 Å². The average molecular weight is 495 g/mol. The van der Waals surface area contributed by atoms with Crippen LogP contribution in [-0.4, -0.2) is 69.8 Å². The molecule has 11 nitrogen and oxygen atoms in total. The topological polar surface area (TPSA) is 191 Å². The van der Waals surface area contributed by atoms with Crippen molar-refractivity contribution < 1.29 is 34.5 Å². The van der Waals surface area contributed by atoms with Gasteiger partial charge in [-0.15, -0.1) is 0 Å². The van der Waals surface area contributed by atoms with Gasteiger partial charge >= 0.3 is 5.97 Å². The van der Waals surface area contributed by atoms with Crippen LogP contribution in [0.4, 0.5) is 0 Å². The van der Waals surface area contributed by atoms with Crippen molar-refractivity contribution in [3.05, 3.63) is 29.8 Å². The highest BCUT2D eigenvalue weighted by atomic mass is 16.4. The van der Waals surface area contributed by atoms with Crippen LogP contribution in [0.5, 0.6) is 5.75 Å². The maximum Gasteiger partial charge on any atom is 0.326 e. The van der Waals surface area contributed by atoms with Crippen LogP contribution < -0.4 is 21.7 Å². The Balaban J connectivity index is 2.88. The van der Waals surface area contributed by atoms with Gasteiger partial charge in [0.05, 0.1) is 12.6 Å². The molecule has 0 fully saturated rings. The monoisotopic (exact) mass is 494 g/mol. The minimum Gasteiger partial charge on any atom is -0.508 e. The summed E-state index contributed by atoms with van der Waals surface area (Å²) in [7, 11) is 0. The van der Waals surface area contributed by atoms with E-state index in [1.54, 1.807) is 26.0 Å². The van der Waals surface area contributed by atoms with Crippen molar-refractivity contribution in [3.8, 4) is 5.75 Å². The Kier molecular flexibility index (Phi) is 12.2. The molecule has 6 atom stereocenters. The molecule has 0 spiro atoms. The fraction of sp³-hybridized carbons (Fsp3) is 0.583. The van der Waals surface area contributed by atoms with Gasteiger partial charge in [0.25, 0.3) is 0 Å². The molecule has 1 aromatic carbocycles. The molecule has 0 aliphatic rings. The molecule has 0 saturated heterocycles. The molecule has 0 heterocycles. The zero-order chi connectivity index (χ0) is 26.7. The number of aliphatic carboxylic acids is 1. The second-order valence-corrected chi connectivity index (χ2v) is 8.80. The first-order chi connectivity index (χ1) is 16.4. The minimum absolute atomic E-state index is 0.0718. The molecule has 0 bridgehead atoms. The van der Waals surface area contributed by atoms with E-state index in [9.17, 15) is 34.5 Å². The summed E-state index contributed by atoms with van der Waals surface area (Å²) >= 11 is 0. The zero-order valence-electron chi connectivity index (χ0n) is 20.7. The van der Waals surface area contributed by atoms with Crippen molar-refractivity contribution in [2.75, 3.05) is 6.61 Å². The fourth-order valence-corrected chi connectivity index (χ4v) is 3.33. The van der Waals surface area contributed by atoms with Crippen molar-refractivity contribution >= 4 is 23.7 Å². The first kappa shape index (κ1) is 29.9. The van der Waals surface area contributed by atoms with Crippen LogP contribution in [0.25, 0.3) is 0 Å². The number of rotatable bonds is 14. The quantitative estimate of drug-likeness (QED) is 0.186. The van der Waals surface area contributed by atoms with E-state index >= 15 is 0 Å². The highest BCUT2D eigenvalue weighted by Crippen LogP contribution is 2.13. The number of carbonyl (C=O) groups is 4. The molecule has 1 aromatic rings. The Morgan fingerprint density at radius 1 is 0.857 bits per heavy atom. The van der Waals surface area contributed by atoms with Gasteiger partial charge < -0.3 is 37.0 Å². The average Bonchev–Trinajstić information content (AvgIpc) is 2.83. The van der Waals surface area contributed by atoms with Gasteiger partial charge in [-0.05, 0) is 36.0 Å². The second-order valence-electron chi connectivity index (χ2n) is 8.80. The maximum absolute atomic E-state index is 12.9. The predicted molar refractivity (Wildman–Crippen MR) is 129 cm³/mol. The van der Waals surface area contributed by atoms with Gasteiger partial charge in [0, 0.05) is 0 Å². The number of phenols is 1. The largest absolute Gasteiger partial charge is 0.508 e. The molecule has 8 N–H and O–H groups in total. The summed E-state index contributed by atoms with van der Waals surface area (Å²) in [5, 5.41) is 35.9. The molecule has 0 radical (unpaired) electrons. The summed E-state index contributed by atoms with van der Waals surface area (Å²) in [6.07, 6.45) is 1.17. The number of nitrogens with one attached hydrogen (secondary N) is 3. The van der Waals surface area contributed by atoms with E-state index in [1.165, 1.54) is 12.1 Å². The third-order valence-corrected chi connectivity index (χ3v) is 6.11. The van der Waals surface area contributed by atoms with Gasteiger partial charge in [-0.3, -0.25) is 14.4 Å². The lowest BCUT2D eigenvalue weighted by atomic mass is 9.95. The molecule has 1 rings (SSSR count). The smallest absolute Gasteiger partial charge is 0.326 e. The normalized spacial score (nSPS) is 16.2. The number of hydrogen-bond donors (Lipinski definition) is 7. The number of phenolic OH excluding ortho intramolecular Hbond substituents is 1. The Morgan fingerprint density at radius 2 is 1.37 bits per heavy atom. The Morgan fingerprint density at radius 3 is 1.86 bits per heavy atom. The van der Waals surface area contributed by atoms with Gasteiger partial charge in [-0.1, -0.05) is 52.7 Å². The Bertz CT molecular complexity index is 862. The maximum atomic E-state index is 12.9. The number of carbonyl (C=O) groups excluding carboxylic acids is 3. The number of carboxylic acids is 1. The highest BCUT2D eigenvalue weighted by Gasteiger charge is 2.33. The third kappa shape index (κ3) is 9.18. The van der Waals surface area contributed by atoms with Gasteiger partial charge in [0.1, 0.15) is 23.9 Å². The number of aliphatic hydroxyl groups excluding tert-OH is 1. The highest BCUT2D eigenvalue weighted by molar-refractivity contribution is 5.94. The molecule has 11 heteroatoms. The van der Waals surface area contributed by atoms with E-state index in [0.717, 1.165) is 0 Å². The van der Waals surface area contributed by atoms with Gasteiger partial charge in [-0.25, -0.2) is 4.79 Å². The van der Waals surface area contributed by atoms with E-state index in [2.05, 4.69) is 16.0 Å². The molecular weight excluding hydrogens is 456 g/mol.